The van der Waals surface area contributed by atoms with Crippen LogP contribution in [0.1, 0.15) is 64.2 Å². The van der Waals surface area contributed by atoms with Crippen LogP contribution >= 0.6 is 0 Å². The lowest BCUT2D eigenvalue weighted by Crippen LogP contribution is -2.35. The van der Waals surface area contributed by atoms with Gasteiger partial charge in [-0.3, -0.25) is 9.59 Å². The number of carbonyl (C=O) groups excluding carboxylic acids is 2. The lowest BCUT2D eigenvalue weighted by Gasteiger charge is -2.29. The molecule has 0 unspecified atom stereocenters. The number of rotatable bonds is 17. The van der Waals surface area contributed by atoms with Crippen molar-refractivity contribution in [2.75, 3.05) is 64.8 Å². The number of ether oxygens (including phenoxy) is 4. The number of fused-ring (bicyclic) bond motifs is 2. The average Bonchev–Trinajstić information content (AvgIpc) is 2.96. The number of amides is 2. The number of methoxy groups -OCH3 is 1. The van der Waals surface area contributed by atoms with Gasteiger partial charge in [-0.25, -0.2) is 0 Å². The van der Waals surface area contributed by atoms with Crippen molar-refractivity contribution in [3.8, 4) is 0 Å². The monoisotopic (exact) mass is 594 g/mol. The van der Waals surface area contributed by atoms with E-state index < -0.39 is 0 Å². The van der Waals surface area contributed by atoms with Crippen molar-refractivity contribution in [1.82, 2.24) is 5.32 Å². The summed E-state index contributed by atoms with van der Waals surface area (Å²) in [5.41, 5.74) is 5.02. The van der Waals surface area contributed by atoms with Crippen LogP contribution in [0.2, 0.25) is 0 Å². The zero-order valence-corrected chi connectivity index (χ0v) is 26.9. The molecule has 1 heterocycles. The van der Waals surface area contributed by atoms with E-state index >= 15 is 0 Å². The van der Waals surface area contributed by atoms with Gasteiger partial charge in [0.15, 0.2) is 0 Å². The van der Waals surface area contributed by atoms with Crippen LogP contribution in [0, 0.1) is 10.8 Å². The van der Waals surface area contributed by atoms with Gasteiger partial charge in [0.25, 0.3) is 0 Å². The maximum absolute atomic E-state index is 13.4. The summed E-state index contributed by atoms with van der Waals surface area (Å²) >= 11 is 0. The van der Waals surface area contributed by atoms with Crippen LogP contribution < -0.4 is 10.2 Å². The molecule has 236 valence electrons. The van der Waals surface area contributed by atoms with Crippen LogP contribution in [0.25, 0.3) is 11.6 Å². The normalized spacial score (nSPS) is 14.7. The van der Waals surface area contributed by atoms with Crippen LogP contribution in [0.3, 0.4) is 0 Å². The molecule has 0 saturated heterocycles. The van der Waals surface area contributed by atoms with Gasteiger partial charge >= 0.3 is 0 Å². The van der Waals surface area contributed by atoms with E-state index in [2.05, 4.69) is 58.1 Å². The Morgan fingerprint density at radius 2 is 1.44 bits per heavy atom. The van der Waals surface area contributed by atoms with Crippen LogP contribution in [0.5, 0.6) is 0 Å². The van der Waals surface area contributed by atoms with Gasteiger partial charge in [-0.05, 0) is 41.3 Å². The van der Waals surface area contributed by atoms with Crippen LogP contribution in [0.4, 0.5) is 5.69 Å². The Morgan fingerprint density at radius 1 is 0.814 bits per heavy atom. The van der Waals surface area contributed by atoms with Crippen molar-refractivity contribution >= 4 is 29.2 Å². The fraction of sp³-hybridized carbons (Fsp3) is 0.543. The van der Waals surface area contributed by atoms with Crippen molar-refractivity contribution in [3.05, 3.63) is 65.2 Å². The minimum Gasteiger partial charge on any atom is -0.382 e. The molecule has 0 aromatic heterocycles. The predicted molar refractivity (Wildman–Crippen MR) is 172 cm³/mol. The summed E-state index contributed by atoms with van der Waals surface area (Å²) in [4.78, 5) is 27.7. The third kappa shape index (κ3) is 11.5. The number of para-hydroxylation sites is 1. The van der Waals surface area contributed by atoms with Gasteiger partial charge in [0.1, 0.15) is 0 Å². The predicted octanol–water partition coefficient (Wildman–Crippen LogP) is 5.74. The maximum atomic E-state index is 13.4. The molecule has 3 rings (SSSR count). The third-order valence-corrected chi connectivity index (χ3v) is 7.21. The lowest BCUT2D eigenvalue weighted by atomic mass is 9.94. The Hall–Kier alpha value is -3.04. The summed E-state index contributed by atoms with van der Waals surface area (Å²) in [6.07, 6.45) is 2.58. The Balaban J connectivity index is 1.38. The molecule has 0 radical (unpaired) electrons. The minimum atomic E-state index is -0.190. The van der Waals surface area contributed by atoms with Gasteiger partial charge in [0.2, 0.25) is 11.8 Å². The summed E-state index contributed by atoms with van der Waals surface area (Å²) in [6.45, 7) is 14.9. The molecule has 2 aromatic rings. The topological polar surface area (TPSA) is 86.3 Å². The molecule has 0 atom stereocenters. The molecule has 1 aliphatic rings. The van der Waals surface area contributed by atoms with E-state index in [1.54, 1.807) is 7.11 Å². The smallest absolute Gasteiger partial charge is 0.229 e. The molecular weight excluding hydrogens is 544 g/mol. The van der Waals surface area contributed by atoms with Gasteiger partial charge in [-0.1, -0.05) is 70.2 Å². The van der Waals surface area contributed by atoms with Crippen LogP contribution in [-0.4, -0.2) is 71.7 Å². The summed E-state index contributed by atoms with van der Waals surface area (Å²) in [5, 5.41) is 2.88. The number of hydrogen-bond acceptors (Lipinski definition) is 6. The highest BCUT2D eigenvalue weighted by Crippen LogP contribution is 2.32. The number of hydrogen-bond donors (Lipinski definition) is 1. The van der Waals surface area contributed by atoms with E-state index in [1.165, 1.54) is 5.57 Å². The molecule has 0 fully saturated rings. The maximum Gasteiger partial charge on any atom is 0.229 e. The third-order valence-electron chi connectivity index (χ3n) is 7.21. The number of allylic oxidation sites excluding steroid dienone is 1. The summed E-state index contributed by atoms with van der Waals surface area (Å²) in [6, 6.07) is 16.1. The van der Waals surface area contributed by atoms with Gasteiger partial charge in [-0.2, -0.15) is 0 Å². The number of carbonyl (C=O) groups is 2. The Labute approximate surface area is 257 Å². The second-order valence-electron chi connectivity index (χ2n) is 12.8. The second kappa shape index (κ2) is 16.7. The van der Waals surface area contributed by atoms with Crippen molar-refractivity contribution in [2.45, 2.75) is 54.0 Å². The molecule has 8 heteroatoms. The molecule has 0 aliphatic carbocycles. The number of anilines is 1. The van der Waals surface area contributed by atoms with Crippen molar-refractivity contribution in [1.29, 1.82) is 0 Å². The average molecular weight is 595 g/mol. The molecular formula is C35H50N2O6. The molecule has 0 spiro atoms. The van der Waals surface area contributed by atoms with Gasteiger partial charge < -0.3 is 29.2 Å². The van der Waals surface area contributed by atoms with Crippen LogP contribution in [0.15, 0.2) is 48.5 Å². The first-order chi connectivity index (χ1) is 20.5. The first-order valence-electron chi connectivity index (χ1n) is 15.2. The van der Waals surface area contributed by atoms with E-state index in [1.807, 2.05) is 41.3 Å². The fourth-order valence-electron chi connectivity index (χ4n) is 4.91. The molecule has 2 amide bonds. The van der Waals surface area contributed by atoms with Crippen LogP contribution in [-0.2, 0) is 35.1 Å². The molecule has 43 heavy (non-hydrogen) atoms. The molecule has 0 bridgehead atoms. The number of benzene rings is 2. The number of nitrogens with zero attached hydrogens (tertiary/aromatic N) is 1. The minimum absolute atomic E-state index is 0.0294. The largest absolute Gasteiger partial charge is 0.382 e. The quantitative estimate of drug-likeness (QED) is 0.235. The van der Waals surface area contributed by atoms with E-state index in [-0.39, 0.29) is 42.0 Å². The molecule has 1 N–H and O–H groups in total. The summed E-state index contributed by atoms with van der Waals surface area (Å²) in [7, 11) is 1.66. The van der Waals surface area contributed by atoms with Gasteiger partial charge in [-0.15, -0.1) is 0 Å². The summed E-state index contributed by atoms with van der Waals surface area (Å²) < 4.78 is 22.4. The Kier molecular flexibility index (Phi) is 13.4. The van der Waals surface area contributed by atoms with Gasteiger partial charge in [0, 0.05) is 37.3 Å². The number of nitrogens with one attached hydrogen (secondary N) is 1. The lowest BCUT2D eigenvalue weighted by molar-refractivity contribution is -0.123. The Morgan fingerprint density at radius 3 is 2.16 bits per heavy atom. The highest BCUT2D eigenvalue weighted by molar-refractivity contribution is 5.98. The van der Waals surface area contributed by atoms with E-state index in [9.17, 15) is 9.59 Å². The van der Waals surface area contributed by atoms with E-state index in [0.717, 1.165) is 22.4 Å². The van der Waals surface area contributed by atoms with Crippen molar-refractivity contribution in [2.24, 2.45) is 10.8 Å². The highest BCUT2D eigenvalue weighted by Gasteiger charge is 2.24. The first-order valence-corrected chi connectivity index (χ1v) is 15.2. The zero-order chi connectivity index (χ0) is 31.3. The van der Waals surface area contributed by atoms with Gasteiger partial charge in [0.05, 0.1) is 58.5 Å². The standard InChI is InChI=1S/C35H50N2O6/c1-27-21-28-11-8-10-14-31(28)37(22-29-12-7-9-13-30(27)29)33(39)15-17-36-32(38)16-18-41-23-34(2,3)25-43-26-35(4,5)24-42-20-19-40-6/h7-14,21H,15-20,22-26H2,1-6H3,(H,36,38)/b27-21-. The molecule has 8 nitrogen and oxygen atoms in total. The zero-order valence-electron chi connectivity index (χ0n) is 26.9. The van der Waals surface area contributed by atoms with E-state index in [0.29, 0.717) is 52.8 Å². The first kappa shape index (κ1) is 34.5. The fourth-order valence-corrected chi connectivity index (χ4v) is 4.91. The molecule has 2 aromatic carbocycles. The summed E-state index contributed by atoms with van der Waals surface area (Å²) in [5.74, 6) is -0.160. The van der Waals surface area contributed by atoms with E-state index in [4.69, 9.17) is 18.9 Å². The van der Waals surface area contributed by atoms with Crippen molar-refractivity contribution in [3.63, 3.8) is 0 Å². The molecule has 0 saturated carbocycles. The Bertz CT molecular complexity index is 1220. The SMILES string of the molecule is COCCOCC(C)(C)COCC(C)(C)COCCC(=O)NCCC(=O)N1Cc2ccccc2/C(C)=C\c2ccccc21. The highest BCUT2D eigenvalue weighted by atomic mass is 16.5. The van der Waals surface area contributed by atoms with Crippen molar-refractivity contribution < 1.29 is 28.5 Å². The second-order valence-corrected chi connectivity index (χ2v) is 12.8. The molecule has 1 aliphatic heterocycles.